The summed E-state index contributed by atoms with van der Waals surface area (Å²) in [7, 11) is 0. The molecular weight excluding hydrogens is 306 g/mol. The van der Waals surface area contributed by atoms with Crippen molar-refractivity contribution in [1.29, 1.82) is 0 Å². The van der Waals surface area contributed by atoms with Gasteiger partial charge in [0.2, 0.25) is 0 Å². The molecule has 3 rings (SSSR count). The van der Waals surface area contributed by atoms with Gasteiger partial charge in [-0.15, -0.1) is 0 Å². The molecule has 1 saturated carbocycles. The van der Waals surface area contributed by atoms with Crippen molar-refractivity contribution in [2.24, 2.45) is 0 Å². The molecule has 2 aromatic rings. The molecule has 0 unspecified atom stereocenters. The lowest BCUT2D eigenvalue weighted by molar-refractivity contribution is 0.0417. The number of ether oxygens (including phenoxy) is 2. The van der Waals surface area contributed by atoms with Crippen LogP contribution in [0.15, 0.2) is 48.8 Å². The summed E-state index contributed by atoms with van der Waals surface area (Å²) in [6, 6.07) is 9.85. The Balaban J connectivity index is 1.58. The molecule has 124 valence electrons. The van der Waals surface area contributed by atoms with Crippen molar-refractivity contribution in [3.8, 4) is 5.75 Å². The highest BCUT2D eigenvalue weighted by Gasteiger charge is 2.19. The summed E-state index contributed by atoms with van der Waals surface area (Å²) in [4.78, 5) is 28.0. The van der Waals surface area contributed by atoms with E-state index < -0.39 is 6.16 Å². The highest BCUT2D eigenvalue weighted by molar-refractivity contribution is 6.08. The summed E-state index contributed by atoms with van der Waals surface area (Å²) >= 11 is 0. The molecule has 0 aliphatic heterocycles. The Morgan fingerprint density at radius 1 is 0.958 bits per heavy atom. The zero-order valence-electron chi connectivity index (χ0n) is 13.3. The first-order valence-electron chi connectivity index (χ1n) is 8.15. The van der Waals surface area contributed by atoms with Gasteiger partial charge in [0.15, 0.2) is 5.78 Å². The molecule has 1 aromatic carbocycles. The second kappa shape index (κ2) is 7.73. The van der Waals surface area contributed by atoms with Gasteiger partial charge in [-0.3, -0.25) is 9.78 Å². The van der Waals surface area contributed by atoms with Crippen LogP contribution < -0.4 is 4.74 Å². The Labute approximate surface area is 140 Å². The minimum atomic E-state index is -0.687. The SMILES string of the molecule is O=C(Oc1ccc(C(=O)c2cccnc2)cc1)OC1CCCCC1. The van der Waals surface area contributed by atoms with E-state index in [2.05, 4.69) is 4.98 Å². The van der Waals surface area contributed by atoms with Crippen LogP contribution in [-0.2, 0) is 4.74 Å². The van der Waals surface area contributed by atoms with Crippen LogP contribution >= 0.6 is 0 Å². The first kappa shape index (κ1) is 16.2. The third kappa shape index (κ3) is 4.19. The largest absolute Gasteiger partial charge is 0.514 e. The van der Waals surface area contributed by atoms with E-state index in [1.54, 1.807) is 42.6 Å². The van der Waals surface area contributed by atoms with E-state index in [1.807, 2.05) is 0 Å². The molecule has 0 saturated heterocycles. The molecule has 5 heteroatoms. The third-order valence-corrected chi connectivity index (χ3v) is 4.06. The second-order valence-corrected chi connectivity index (χ2v) is 5.83. The molecule has 0 N–H and O–H groups in total. The Morgan fingerprint density at radius 3 is 2.38 bits per heavy atom. The number of hydrogen-bond donors (Lipinski definition) is 0. The maximum absolute atomic E-state index is 12.3. The van der Waals surface area contributed by atoms with Crippen LogP contribution in [0.25, 0.3) is 0 Å². The van der Waals surface area contributed by atoms with E-state index in [4.69, 9.17) is 9.47 Å². The molecule has 1 aromatic heterocycles. The van der Waals surface area contributed by atoms with Gasteiger partial charge >= 0.3 is 6.16 Å². The number of rotatable bonds is 4. The van der Waals surface area contributed by atoms with Crippen molar-refractivity contribution in [3.63, 3.8) is 0 Å². The topological polar surface area (TPSA) is 65.5 Å². The van der Waals surface area contributed by atoms with Gasteiger partial charge in [-0.25, -0.2) is 4.79 Å². The standard InChI is InChI=1S/C19H19NO4/c21-18(15-5-4-12-20-13-15)14-8-10-17(11-9-14)24-19(22)23-16-6-2-1-3-7-16/h4-5,8-13,16H,1-3,6-7H2. The van der Waals surface area contributed by atoms with Gasteiger partial charge in [-0.05, 0) is 62.1 Å². The molecular formula is C19H19NO4. The van der Waals surface area contributed by atoms with E-state index in [0.717, 1.165) is 25.7 Å². The molecule has 1 aliphatic rings. The Morgan fingerprint density at radius 2 is 1.71 bits per heavy atom. The normalized spacial score (nSPS) is 14.8. The Hall–Kier alpha value is -2.69. The lowest BCUT2D eigenvalue weighted by Crippen LogP contribution is -2.23. The highest BCUT2D eigenvalue weighted by Crippen LogP contribution is 2.21. The molecule has 1 aliphatic carbocycles. The predicted molar refractivity (Wildman–Crippen MR) is 88.1 cm³/mol. The molecule has 5 nitrogen and oxygen atoms in total. The second-order valence-electron chi connectivity index (χ2n) is 5.83. The number of benzene rings is 1. The number of hydrogen-bond acceptors (Lipinski definition) is 5. The minimum absolute atomic E-state index is 0.0438. The van der Waals surface area contributed by atoms with Crippen LogP contribution in [0, 0.1) is 0 Å². The molecule has 24 heavy (non-hydrogen) atoms. The summed E-state index contributed by atoms with van der Waals surface area (Å²) in [6.45, 7) is 0. The molecule has 0 bridgehead atoms. The van der Waals surface area contributed by atoms with Crippen molar-refractivity contribution < 1.29 is 19.1 Å². The quantitative estimate of drug-likeness (QED) is 0.480. The van der Waals surface area contributed by atoms with E-state index >= 15 is 0 Å². The smallest absolute Gasteiger partial charge is 0.431 e. The fourth-order valence-electron chi connectivity index (χ4n) is 2.78. The van der Waals surface area contributed by atoms with Crippen molar-refractivity contribution in [2.45, 2.75) is 38.2 Å². The van der Waals surface area contributed by atoms with Crippen LogP contribution in [0.2, 0.25) is 0 Å². The monoisotopic (exact) mass is 325 g/mol. The Kier molecular flexibility index (Phi) is 5.21. The van der Waals surface area contributed by atoms with Gasteiger partial charge in [0.25, 0.3) is 0 Å². The van der Waals surface area contributed by atoms with E-state index in [9.17, 15) is 9.59 Å². The number of ketones is 1. The number of nitrogens with zero attached hydrogens (tertiary/aromatic N) is 1. The molecule has 0 radical (unpaired) electrons. The first-order chi connectivity index (χ1) is 11.7. The fourth-order valence-corrected chi connectivity index (χ4v) is 2.78. The number of aromatic nitrogens is 1. The summed E-state index contributed by atoms with van der Waals surface area (Å²) in [5.41, 5.74) is 1.03. The molecule has 0 spiro atoms. The van der Waals surface area contributed by atoms with Crippen LogP contribution in [0.1, 0.15) is 48.0 Å². The van der Waals surface area contributed by atoms with Crippen LogP contribution in [0.3, 0.4) is 0 Å². The van der Waals surface area contributed by atoms with Crippen LogP contribution in [0.5, 0.6) is 5.75 Å². The third-order valence-electron chi connectivity index (χ3n) is 4.06. The molecule has 1 heterocycles. The van der Waals surface area contributed by atoms with Crippen molar-refractivity contribution in [2.75, 3.05) is 0 Å². The summed E-state index contributed by atoms with van der Waals surface area (Å²) in [6.07, 6.45) is 7.57. The lowest BCUT2D eigenvalue weighted by Gasteiger charge is -2.21. The van der Waals surface area contributed by atoms with Gasteiger partial charge in [-0.1, -0.05) is 6.42 Å². The van der Waals surface area contributed by atoms with Gasteiger partial charge in [-0.2, -0.15) is 0 Å². The van der Waals surface area contributed by atoms with Gasteiger partial charge in [0.1, 0.15) is 11.9 Å². The highest BCUT2D eigenvalue weighted by atomic mass is 16.7. The number of carbonyl (C=O) groups is 2. The number of pyridine rings is 1. The lowest BCUT2D eigenvalue weighted by atomic mass is 9.98. The predicted octanol–water partition coefficient (Wildman–Crippen LogP) is 4.16. The average molecular weight is 325 g/mol. The van der Waals surface area contributed by atoms with Crippen molar-refractivity contribution in [1.82, 2.24) is 4.98 Å². The van der Waals surface area contributed by atoms with Crippen molar-refractivity contribution >= 4 is 11.9 Å². The zero-order chi connectivity index (χ0) is 16.8. The maximum Gasteiger partial charge on any atom is 0.514 e. The van der Waals surface area contributed by atoms with E-state index in [1.165, 1.54) is 12.6 Å². The van der Waals surface area contributed by atoms with E-state index in [-0.39, 0.29) is 11.9 Å². The Bertz CT molecular complexity index is 691. The van der Waals surface area contributed by atoms with Gasteiger partial charge in [0.05, 0.1) is 0 Å². The van der Waals surface area contributed by atoms with Crippen LogP contribution in [0.4, 0.5) is 4.79 Å². The summed E-state index contributed by atoms with van der Waals surface area (Å²) in [5.74, 6) is 0.234. The molecule has 0 atom stereocenters. The maximum atomic E-state index is 12.3. The van der Waals surface area contributed by atoms with Gasteiger partial charge < -0.3 is 9.47 Å². The van der Waals surface area contributed by atoms with E-state index in [0.29, 0.717) is 16.9 Å². The summed E-state index contributed by atoms with van der Waals surface area (Å²) < 4.78 is 10.5. The van der Waals surface area contributed by atoms with Crippen molar-refractivity contribution in [3.05, 3.63) is 59.9 Å². The van der Waals surface area contributed by atoms with Crippen LogP contribution in [-0.4, -0.2) is 23.0 Å². The molecule has 0 amide bonds. The molecule has 1 fully saturated rings. The van der Waals surface area contributed by atoms with Gasteiger partial charge in [0, 0.05) is 23.5 Å². The number of carbonyl (C=O) groups excluding carboxylic acids is 2. The minimum Gasteiger partial charge on any atom is -0.431 e. The summed E-state index contributed by atoms with van der Waals surface area (Å²) in [5, 5.41) is 0. The zero-order valence-corrected chi connectivity index (χ0v) is 13.3. The fraction of sp³-hybridized carbons (Fsp3) is 0.316. The first-order valence-corrected chi connectivity index (χ1v) is 8.15. The average Bonchev–Trinajstić information content (AvgIpc) is 2.63.